The Balaban J connectivity index is 1.56. The fourth-order valence-corrected chi connectivity index (χ4v) is 3.55. The Hall–Kier alpha value is -1.96. The number of carbonyl (C=O) groups is 2. The molecule has 0 spiro atoms. The molecule has 2 N–H and O–H groups in total. The highest BCUT2D eigenvalue weighted by atomic mass is 16.5. The minimum atomic E-state index is -0.287. The third-order valence-electron chi connectivity index (χ3n) is 5.06. The number of hydrogen-bond donors (Lipinski definition) is 2. The van der Waals surface area contributed by atoms with E-state index >= 15 is 0 Å². The molecule has 0 aliphatic carbocycles. The van der Waals surface area contributed by atoms with E-state index in [0.717, 1.165) is 51.1 Å². The van der Waals surface area contributed by atoms with E-state index in [1.54, 1.807) is 7.11 Å². The van der Waals surface area contributed by atoms with Gasteiger partial charge < -0.3 is 15.0 Å². The monoisotopic (exact) mass is 360 g/mol. The maximum absolute atomic E-state index is 12.8. The van der Waals surface area contributed by atoms with Crippen molar-refractivity contribution in [1.29, 1.82) is 0 Å². The molecule has 0 bridgehead atoms. The summed E-state index contributed by atoms with van der Waals surface area (Å²) in [6, 6.07) is 7.21. The second-order valence-corrected chi connectivity index (χ2v) is 6.80. The predicted molar refractivity (Wildman–Crippen MR) is 98.9 cm³/mol. The van der Waals surface area contributed by atoms with Crippen molar-refractivity contribution in [3.63, 3.8) is 0 Å². The van der Waals surface area contributed by atoms with Crippen LogP contribution in [0.5, 0.6) is 5.75 Å². The maximum Gasteiger partial charge on any atom is 0.246 e. The van der Waals surface area contributed by atoms with Crippen molar-refractivity contribution in [3.05, 3.63) is 29.8 Å². The highest BCUT2D eigenvalue weighted by molar-refractivity contribution is 6.01. The highest BCUT2D eigenvalue weighted by Crippen LogP contribution is 2.21. The van der Waals surface area contributed by atoms with E-state index < -0.39 is 0 Å². The van der Waals surface area contributed by atoms with Gasteiger partial charge in [-0.3, -0.25) is 19.8 Å². The Bertz CT molecular complexity index is 631. The summed E-state index contributed by atoms with van der Waals surface area (Å²) in [5.41, 5.74) is 0.846. The summed E-state index contributed by atoms with van der Waals surface area (Å²) in [5, 5.41) is 6.44. The van der Waals surface area contributed by atoms with Crippen molar-refractivity contribution in [1.82, 2.24) is 20.4 Å². The summed E-state index contributed by atoms with van der Waals surface area (Å²) in [6.45, 7) is 5.64. The number of imide groups is 1. The number of nitrogens with zero attached hydrogens (tertiary/aromatic N) is 2. The molecule has 1 aromatic carbocycles. The van der Waals surface area contributed by atoms with Gasteiger partial charge in [-0.1, -0.05) is 18.2 Å². The van der Waals surface area contributed by atoms with Crippen molar-refractivity contribution in [3.8, 4) is 5.75 Å². The zero-order valence-electron chi connectivity index (χ0n) is 15.4. The predicted octanol–water partition coefficient (Wildman–Crippen LogP) is 0.208. The van der Waals surface area contributed by atoms with Crippen LogP contribution < -0.4 is 15.4 Å². The van der Waals surface area contributed by atoms with E-state index in [0.29, 0.717) is 5.75 Å². The van der Waals surface area contributed by atoms with Gasteiger partial charge >= 0.3 is 0 Å². The van der Waals surface area contributed by atoms with Crippen molar-refractivity contribution < 1.29 is 14.3 Å². The summed E-state index contributed by atoms with van der Waals surface area (Å²) in [4.78, 5) is 28.8. The number of benzene rings is 1. The molecule has 7 nitrogen and oxygen atoms in total. The smallest absolute Gasteiger partial charge is 0.246 e. The number of rotatable bonds is 7. The van der Waals surface area contributed by atoms with Gasteiger partial charge in [0.15, 0.2) is 0 Å². The van der Waals surface area contributed by atoms with Gasteiger partial charge in [-0.25, -0.2) is 0 Å². The molecule has 0 saturated carbocycles. The average Bonchev–Trinajstić information content (AvgIpc) is 2.68. The van der Waals surface area contributed by atoms with Crippen LogP contribution in [0.1, 0.15) is 18.4 Å². The van der Waals surface area contributed by atoms with Crippen molar-refractivity contribution in [2.75, 3.05) is 46.4 Å². The molecule has 142 valence electrons. The standard InChI is InChI=1S/C19H28N4O3/c1-26-17-7-3-2-5-15(17)14-23-18(24)13-21-16(19(23)25)6-4-10-22-11-8-20-9-12-22/h2-3,5,7,16,20-21H,4,6,8-14H2,1H3. The zero-order chi connectivity index (χ0) is 18.4. The molecule has 0 radical (unpaired) electrons. The molecular weight excluding hydrogens is 332 g/mol. The van der Waals surface area contributed by atoms with Gasteiger partial charge in [0.05, 0.1) is 26.2 Å². The van der Waals surface area contributed by atoms with E-state index in [1.165, 1.54) is 4.90 Å². The summed E-state index contributed by atoms with van der Waals surface area (Å²) in [6.07, 6.45) is 1.69. The van der Waals surface area contributed by atoms with Crippen molar-refractivity contribution >= 4 is 11.8 Å². The number of nitrogens with one attached hydrogen (secondary N) is 2. The van der Waals surface area contributed by atoms with Crippen molar-refractivity contribution in [2.24, 2.45) is 0 Å². The first kappa shape index (κ1) is 18.8. The summed E-state index contributed by atoms with van der Waals surface area (Å²) in [5.74, 6) is 0.383. The van der Waals surface area contributed by atoms with E-state index in [2.05, 4.69) is 15.5 Å². The molecule has 2 amide bonds. The zero-order valence-corrected chi connectivity index (χ0v) is 15.4. The Labute approximate surface area is 154 Å². The first-order valence-electron chi connectivity index (χ1n) is 9.31. The van der Waals surface area contributed by atoms with Crippen LogP contribution in [0.3, 0.4) is 0 Å². The number of para-hydroxylation sites is 1. The molecule has 2 aliphatic heterocycles. The Morgan fingerprint density at radius 3 is 2.73 bits per heavy atom. The molecule has 1 atom stereocenters. The third-order valence-corrected chi connectivity index (χ3v) is 5.06. The van der Waals surface area contributed by atoms with Crippen molar-refractivity contribution in [2.45, 2.75) is 25.4 Å². The van der Waals surface area contributed by atoms with E-state index in [1.807, 2.05) is 24.3 Å². The molecule has 2 heterocycles. The number of hydrogen-bond acceptors (Lipinski definition) is 6. The Kier molecular flexibility index (Phi) is 6.60. The van der Waals surface area contributed by atoms with E-state index in [4.69, 9.17) is 4.74 Å². The molecule has 2 aliphatic rings. The fourth-order valence-electron chi connectivity index (χ4n) is 3.55. The minimum absolute atomic E-state index is 0.132. The van der Waals surface area contributed by atoms with Crippen LogP contribution >= 0.6 is 0 Å². The van der Waals surface area contributed by atoms with Gasteiger partial charge in [0, 0.05) is 31.7 Å². The van der Waals surface area contributed by atoms with Gasteiger partial charge in [-0.15, -0.1) is 0 Å². The number of methoxy groups -OCH3 is 1. The summed E-state index contributed by atoms with van der Waals surface area (Å²) >= 11 is 0. The summed E-state index contributed by atoms with van der Waals surface area (Å²) < 4.78 is 5.34. The SMILES string of the molecule is COc1ccccc1CN1C(=O)CNC(CCCN2CCNCC2)C1=O. The van der Waals surface area contributed by atoms with E-state index in [-0.39, 0.29) is 30.9 Å². The molecule has 2 fully saturated rings. The average molecular weight is 360 g/mol. The first-order chi connectivity index (χ1) is 12.7. The molecule has 26 heavy (non-hydrogen) atoms. The Morgan fingerprint density at radius 2 is 1.96 bits per heavy atom. The number of ether oxygens (including phenoxy) is 1. The van der Waals surface area contributed by atoms with Gasteiger partial charge in [-0.05, 0) is 25.5 Å². The van der Waals surface area contributed by atoms with Gasteiger partial charge in [0.25, 0.3) is 0 Å². The largest absolute Gasteiger partial charge is 0.496 e. The van der Waals surface area contributed by atoms with E-state index in [9.17, 15) is 9.59 Å². The molecular formula is C19H28N4O3. The molecule has 1 unspecified atom stereocenters. The third kappa shape index (κ3) is 4.60. The Morgan fingerprint density at radius 1 is 1.19 bits per heavy atom. The van der Waals surface area contributed by atoms with Gasteiger partial charge in [0.1, 0.15) is 5.75 Å². The number of piperazine rings is 2. The molecule has 3 rings (SSSR count). The first-order valence-corrected chi connectivity index (χ1v) is 9.31. The van der Waals surface area contributed by atoms with Crippen LogP contribution in [0, 0.1) is 0 Å². The lowest BCUT2D eigenvalue weighted by Gasteiger charge is -2.33. The second kappa shape index (κ2) is 9.12. The highest BCUT2D eigenvalue weighted by Gasteiger charge is 2.34. The lowest BCUT2D eigenvalue weighted by molar-refractivity contribution is -0.150. The van der Waals surface area contributed by atoms with Crippen LogP contribution in [0.15, 0.2) is 24.3 Å². The van der Waals surface area contributed by atoms with Gasteiger partial charge in [-0.2, -0.15) is 0 Å². The normalized spacial score (nSPS) is 21.9. The molecule has 1 aromatic rings. The quantitative estimate of drug-likeness (QED) is 0.677. The van der Waals surface area contributed by atoms with Crippen LogP contribution in [0.4, 0.5) is 0 Å². The van der Waals surface area contributed by atoms with Crippen LogP contribution in [-0.4, -0.2) is 74.0 Å². The van der Waals surface area contributed by atoms with Gasteiger partial charge in [0.2, 0.25) is 11.8 Å². The van der Waals surface area contributed by atoms with Crippen LogP contribution in [-0.2, 0) is 16.1 Å². The van der Waals surface area contributed by atoms with Crippen LogP contribution in [0.25, 0.3) is 0 Å². The number of amides is 2. The second-order valence-electron chi connectivity index (χ2n) is 6.80. The molecule has 7 heteroatoms. The minimum Gasteiger partial charge on any atom is -0.496 e. The summed E-state index contributed by atoms with van der Waals surface area (Å²) in [7, 11) is 1.60. The maximum atomic E-state index is 12.8. The fraction of sp³-hybridized carbons (Fsp3) is 0.579. The number of carbonyl (C=O) groups excluding carboxylic acids is 2. The molecule has 0 aromatic heterocycles. The lowest BCUT2D eigenvalue weighted by Crippen LogP contribution is -2.57. The van der Waals surface area contributed by atoms with Crippen LogP contribution in [0.2, 0.25) is 0 Å². The topological polar surface area (TPSA) is 73.9 Å². The lowest BCUT2D eigenvalue weighted by atomic mass is 10.1. The molecule has 2 saturated heterocycles.